The van der Waals surface area contributed by atoms with Crippen molar-refractivity contribution >= 4 is 5.97 Å². The maximum absolute atomic E-state index is 11.0. The fourth-order valence-corrected chi connectivity index (χ4v) is 2.18. The van der Waals surface area contributed by atoms with E-state index in [0.29, 0.717) is 12.8 Å². The third-order valence-electron chi connectivity index (χ3n) is 3.80. The molecule has 0 aliphatic carbocycles. The number of esters is 1. The molecule has 0 unspecified atom stereocenters. The molecular weight excluding hydrogens is 332 g/mol. The monoisotopic (exact) mass is 366 g/mol. The van der Waals surface area contributed by atoms with Gasteiger partial charge in [0.1, 0.15) is 0 Å². The van der Waals surface area contributed by atoms with E-state index in [4.69, 9.17) is 0 Å². The zero-order valence-electron chi connectivity index (χ0n) is 16.0. The van der Waals surface area contributed by atoms with Gasteiger partial charge >= 0.3 is 5.97 Å². The normalized spacial score (nSPS) is 16.0. The third kappa shape index (κ3) is 14.6. The van der Waals surface area contributed by atoms with Crippen molar-refractivity contribution in [2.75, 3.05) is 7.11 Å². The Morgan fingerprint density at radius 1 is 0.885 bits per heavy atom. The van der Waals surface area contributed by atoms with Gasteiger partial charge in [0.05, 0.1) is 25.4 Å². The van der Waals surface area contributed by atoms with Gasteiger partial charge in [0, 0.05) is 6.42 Å². The van der Waals surface area contributed by atoms with Crippen molar-refractivity contribution < 1.29 is 24.9 Å². The molecule has 0 amide bonds. The topological polar surface area (TPSA) is 87.0 Å². The van der Waals surface area contributed by atoms with Crippen molar-refractivity contribution in [3.05, 3.63) is 48.6 Å². The quantitative estimate of drug-likeness (QED) is 0.250. The molecule has 0 heterocycles. The van der Waals surface area contributed by atoms with Gasteiger partial charge < -0.3 is 20.1 Å². The number of carbonyl (C=O) groups excluding carboxylic acids is 1. The van der Waals surface area contributed by atoms with E-state index in [1.807, 2.05) is 18.2 Å². The highest BCUT2D eigenvalue weighted by Gasteiger charge is 2.13. The fraction of sp³-hybridized carbons (Fsp3) is 0.571. The van der Waals surface area contributed by atoms with Gasteiger partial charge in [-0.2, -0.15) is 0 Å². The van der Waals surface area contributed by atoms with Crippen LogP contribution in [0.1, 0.15) is 51.9 Å². The molecule has 0 aromatic rings. The molecule has 0 bridgehead atoms. The van der Waals surface area contributed by atoms with Crippen molar-refractivity contribution in [3.8, 4) is 0 Å². The number of unbranched alkanes of at least 4 members (excludes halogenated alkanes) is 2. The summed E-state index contributed by atoms with van der Waals surface area (Å²) >= 11 is 0. The Balaban J connectivity index is 3.98. The molecule has 5 nitrogen and oxygen atoms in total. The summed E-state index contributed by atoms with van der Waals surface area (Å²) in [4.78, 5) is 11.0. The minimum Gasteiger partial charge on any atom is -0.469 e. The second-order valence-electron chi connectivity index (χ2n) is 6.13. The first kappa shape index (κ1) is 24.3. The number of carbonyl (C=O) groups is 1. The number of hydrogen-bond donors (Lipinski definition) is 3. The molecule has 26 heavy (non-hydrogen) atoms. The predicted octanol–water partition coefficient (Wildman–Crippen LogP) is 3.22. The molecule has 0 radical (unpaired) electrons. The summed E-state index contributed by atoms with van der Waals surface area (Å²) in [6.07, 6.45) is 16.8. The van der Waals surface area contributed by atoms with Gasteiger partial charge in [-0.1, -0.05) is 74.8 Å². The maximum Gasteiger partial charge on any atom is 0.305 e. The Morgan fingerprint density at radius 2 is 1.50 bits per heavy atom. The van der Waals surface area contributed by atoms with Gasteiger partial charge in [-0.3, -0.25) is 4.79 Å². The number of aliphatic hydroxyl groups excluding tert-OH is 3. The van der Waals surface area contributed by atoms with Crippen LogP contribution in [0.4, 0.5) is 0 Å². The second-order valence-corrected chi connectivity index (χ2v) is 6.13. The van der Waals surface area contributed by atoms with Crippen LogP contribution in [0.15, 0.2) is 48.6 Å². The van der Waals surface area contributed by atoms with Gasteiger partial charge in [0.15, 0.2) is 0 Å². The van der Waals surface area contributed by atoms with E-state index in [2.05, 4.69) is 11.7 Å². The molecule has 5 heteroatoms. The lowest BCUT2D eigenvalue weighted by Crippen LogP contribution is -2.23. The highest BCUT2D eigenvalue weighted by atomic mass is 16.5. The SMILES string of the molecule is CCCCC[C@H](O)/C=C/C=CC=CC=C[C@@H](O)[C@@H](O)CCCC(=O)OC. The van der Waals surface area contributed by atoms with E-state index in [0.717, 1.165) is 25.7 Å². The average Bonchev–Trinajstić information content (AvgIpc) is 2.63. The minimum atomic E-state index is -0.973. The maximum atomic E-state index is 11.0. The molecular formula is C21H34O5. The Kier molecular flexibility index (Phi) is 15.7. The number of rotatable bonds is 14. The van der Waals surface area contributed by atoms with Crippen LogP contribution in [0.3, 0.4) is 0 Å². The Hall–Kier alpha value is -1.69. The fourth-order valence-electron chi connectivity index (χ4n) is 2.18. The zero-order valence-corrected chi connectivity index (χ0v) is 16.0. The zero-order chi connectivity index (χ0) is 19.6. The third-order valence-corrected chi connectivity index (χ3v) is 3.80. The molecule has 3 N–H and O–H groups in total. The Morgan fingerprint density at radius 3 is 2.12 bits per heavy atom. The molecule has 0 aliphatic rings. The van der Waals surface area contributed by atoms with Gasteiger partial charge in [0.25, 0.3) is 0 Å². The lowest BCUT2D eigenvalue weighted by molar-refractivity contribution is -0.140. The standard InChI is InChI=1S/C21H34O5/c1-3-4-9-13-18(22)14-10-7-5-6-8-11-15-19(23)20(24)16-12-17-21(25)26-2/h5-8,10-11,14-15,18-20,22-24H,3-4,9,12-13,16-17H2,1-2H3/b7-5?,8-6?,14-10+,15-11?/t18-,19+,20-/m0/s1. The van der Waals surface area contributed by atoms with Crippen molar-refractivity contribution in [2.45, 2.75) is 70.2 Å². The van der Waals surface area contributed by atoms with Crippen molar-refractivity contribution in [1.29, 1.82) is 0 Å². The van der Waals surface area contributed by atoms with Crippen molar-refractivity contribution in [2.24, 2.45) is 0 Å². The largest absolute Gasteiger partial charge is 0.469 e. The van der Waals surface area contributed by atoms with Crippen LogP contribution >= 0.6 is 0 Å². The van der Waals surface area contributed by atoms with Gasteiger partial charge in [-0.15, -0.1) is 0 Å². The molecule has 0 fully saturated rings. The molecule has 148 valence electrons. The summed E-state index contributed by atoms with van der Waals surface area (Å²) in [7, 11) is 1.32. The molecule has 0 rings (SSSR count). The summed E-state index contributed by atoms with van der Waals surface area (Å²) in [5.74, 6) is -0.320. The summed E-state index contributed by atoms with van der Waals surface area (Å²) < 4.78 is 4.52. The van der Waals surface area contributed by atoms with E-state index in [9.17, 15) is 20.1 Å². The molecule has 0 aliphatic heterocycles. The number of allylic oxidation sites excluding steroid dienone is 6. The lowest BCUT2D eigenvalue weighted by atomic mass is 10.1. The first-order valence-electron chi connectivity index (χ1n) is 9.30. The lowest BCUT2D eigenvalue weighted by Gasteiger charge is -2.13. The van der Waals surface area contributed by atoms with Crippen molar-refractivity contribution in [1.82, 2.24) is 0 Å². The Labute approximate surface area is 157 Å². The summed E-state index contributed by atoms with van der Waals surface area (Å²) in [5, 5.41) is 29.3. The van der Waals surface area contributed by atoms with Crippen LogP contribution in [0.5, 0.6) is 0 Å². The first-order valence-corrected chi connectivity index (χ1v) is 9.30. The van der Waals surface area contributed by atoms with Gasteiger partial charge in [-0.05, 0) is 19.3 Å². The van der Waals surface area contributed by atoms with Gasteiger partial charge in [0.2, 0.25) is 0 Å². The van der Waals surface area contributed by atoms with Crippen LogP contribution in [0, 0.1) is 0 Å². The van der Waals surface area contributed by atoms with E-state index in [1.54, 1.807) is 24.3 Å². The molecule has 0 aromatic carbocycles. The van der Waals surface area contributed by atoms with Gasteiger partial charge in [-0.25, -0.2) is 0 Å². The summed E-state index contributed by atoms with van der Waals surface area (Å²) in [5.41, 5.74) is 0. The van der Waals surface area contributed by atoms with Crippen LogP contribution in [0.2, 0.25) is 0 Å². The van der Waals surface area contributed by atoms with E-state index < -0.39 is 18.3 Å². The van der Waals surface area contributed by atoms with Crippen LogP contribution in [0.25, 0.3) is 0 Å². The Bertz CT molecular complexity index is 465. The highest BCUT2D eigenvalue weighted by Crippen LogP contribution is 2.07. The molecule has 0 aromatic heterocycles. The molecule has 3 atom stereocenters. The number of methoxy groups -OCH3 is 1. The van der Waals surface area contributed by atoms with E-state index >= 15 is 0 Å². The first-order chi connectivity index (χ1) is 12.5. The second kappa shape index (κ2) is 16.8. The summed E-state index contributed by atoms with van der Waals surface area (Å²) in [6, 6.07) is 0. The average molecular weight is 366 g/mol. The van der Waals surface area contributed by atoms with Crippen LogP contribution in [-0.2, 0) is 9.53 Å². The smallest absolute Gasteiger partial charge is 0.305 e. The van der Waals surface area contributed by atoms with Crippen molar-refractivity contribution in [3.63, 3.8) is 0 Å². The molecule has 0 saturated heterocycles. The number of ether oxygens (including phenoxy) is 1. The number of hydrogen-bond acceptors (Lipinski definition) is 5. The summed E-state index contributed by atoms with van der Waals surface area (Å²) in [6.45, 7) is 2.14. The van der Waals surface area contributed by atoms with E-state index in [1.165, 1.54) is 13.2 Å². The van der Waals surface area contributed by atoms with Crippen LogP contribution in [-0.4, -0.2) is 46.7 Å². The van der Waals surface area contributed by atoms with E-state index in [-0.39, 0.29) is 12.4 Å². The molecule has 0 spiro atoms. The molecule has 0 saturated carbocycles. The highest BCUT2D eigenvalue weighted by molar-refractivity contribution is 5.68. The number of aliphatic hydroxyl groups is 3. The van der Waals surface area contributed by atoms with Crippen LogP contribution < -0.4 is 0 Å². The predicted molar refractivity (Wildman–Crippen MR) is 105 cm³/mol. The minimum absolute atomic E-state index is 0.232.